The first-order valence-corrected chi connectivity index (χ1v) is 9.11. The molecule has 0 atom stereocenters. The van der Waals surface area contributed by atoms with Crippen molar-refractivity contribution in [2.24, 2.45) is 0 Å². The normalized spacial score (nSPS) is 16.1. The third-order valence-electron chi connectivity index (χ3n) is 4.22. The summed E-state index contributed by atoms with van der Waals surface area (Å²) in [6.07, 6.45) is 2.71. The summed E-state index contributed by atoms with van der Waals surface area (Å²) in [5.41, 5.74) is 1.06. The van der Waals surface area contributed by atoms with Gasteiger partial charge < -0.3 is 9.64 Å². The van der Waals surface area contributed by atoms with Crippen LogP contribution in [0.1, 0.15) is 16.1 Å². The number of ether oxygens (including phenoxy) is 1. The fourth-order valence-electron chi connectivity index (χ4n) is 2.86. The Hall–Kier alpha value is -1.76. The van der Waals surface area contributed by atoms with E-state index in [0.29, 0.717) is 0 Å². The first-order chi connectivity index (χ1) is 11.8. The molecule has 1 aliphatic heterocycles. The minimum Gasteiger partial charge on any atom is -0.383 e. The van der Waals surface area contributed by atoms with Crippen LogP contribution in [0.15, 0.2) is 36.5 Å². The van der Waals surface area contributed by atoms with Crippen molar-refractivity contribution in [1.82, 2.24) is 14.8 Å². The fourth-order valence-corrected chi connectivity index (χ4v) is 3.75. The van der Waals surface area contributed by atoms with Gasteiger partial charge in [-0.05, 0) is 13.0 Å². The minimum absolute atomic E-state index is 0.100. The molecule has 6 heteroatoms. The summed E-state index contributed by atoms with van der Waals surface area (Å²) in [7, 11) is 1.72. The molecule has 0 spiro atoms. The first kappa shape index (κ1) is 17.1. The average Bonchev–Trinajstić information content (AvgIpc) is 3.00. The van der Waals surface area contributed by atoms with Crippen LogP contribution in [0.2, 0.25) is 0 Å². The number of aromatic nitrogens is 1. The Morgan fingerprint density at radius 3 is 2.83 bits per heavy atom. The molecule has 2 aromatic rings. The molecule has 0 N–H and O–H groups in total. The van der Waals surface area contributed by atoms with Gasteiger partial charge >= 0.3 is 0 Å². The number of hydrogen-bond donors (Lipinski definition) is 0. The smallest absolute Gasteiger partial charge is 0.265 e. The zero-order chi connectivity index (χ0) is 16.8. The van der Waals surface area contributed by atoms with E-state index in [1.54, 1.807) is 13.3 Å². The highest BCUT2D eigenvalue weighted by Crippen LogP contribution is 2.25. The highest BCUT2D eigenvalue weighted by atomic mass is 32.1. The van der Waals surface area contributed by atoms with E-state index in [1.165, 1.54) is 11.3 Å². The van der Waals surface area contributed by atoms with E-state index < -0.39 is 0 Å². The van der Waals surface area contributed by atoms with Crippen LogP contribution in [0.25, 0.3) is 10.6 Å². The van der Waals surface area contributed by atoms with E-state index in [9.17, 15) is 4.79 Å². The standard InChI is InChI=1S/C18H23N3O2S/c1-23-13-12-20-8-5-9-21(11-10-20)18(22)16-14-19-17(24-16)15-6-3-2-4-7-15/h2-4,6-7,14H,5,8-13H2,1H3. The molecule has 1 amide bonds. The molecule has 2 heterocycles. The number of benzene rings is 1. The van der Waals surface area contributed by atoms with Gasteiger partial charge in [-0.3, -0.25) is 9.69 Å². The SMILES string of the molecule is COCCN1CCCN(C(=O)c2cnc(-c3ccccc3)s2)CC1. The summed E-state index contributed by atoms with van der Waals surface area (Å²) in [6.45, 7) is 5.16. The topological polar surface area (TPSA) is 45.7 Å². The maximum atomic E-state index is 12.8. The Balaban J connectivity index is 1.63. The van der Waals surface area contributed by atoms with E-state index in [-0.39, 0.29) is 5.91 Å². The molecule has 1 fully saturated rings. The zero-order valence-electron chi connectivity index (χ0n) is 14.0. The second kappa shape index (κ2) is 8.37. The first-order valence-electron chi connectivity index (χ1n) is 8.30. The van der Waals surface area contributed by atoms with E-state index in [4.69, 9.17) is 4.74 Å². The fraction of sp³-hybridized carbons (Fsp3) is 0.444. The predicted octanol–water partition coefficient (Wildman–Crippen LogP) is 2.60. The molecule has 128 valence electrons. The number of thiazole rings is 1. The summed E-state index contributed by atoms with van der Waals surface area (Å²) in [6, 6.07) is 10.00. The minimum atomic E-state index is 0.100. The van der Waals surface area contributed by atoms with Crippen molar-refractivity contribution in [2.45, 2.75) is 6.42 Å². The van der Waals surface area contributed by atoms with E-state index >= 15 is 0 Å². The zero-order valence-corrected chi connectivity index (χ0v) is 14.8. The Morgan fingerprint density at radius 1 is 1.21 bits per heavy atom. The van der Waals surface area contributed by atoms with Crippen LogP contribution < -0.4 is 0 Å². The van der Waals surface area contributed by atoms with E-state index in [2.05, 4.69) is 9.88 Å². The molecule has 0 radical (unpaired) electrons. The van der Waals surface area contributed by atoms with Crippen LogP contribution in [0.3, 0.4) is 0 Å². The molecule has 1 aromatic carbocycles. The van der Waals surface area contributed by atoms with Crippen LogP contribution in [0.4, 0.5) is 0 Å². The van der Waals surface area contributed by atoms with Gasteiger partial charge in [0.15, 0.2) is 0 Å². The predicted molar refractivity (Wildman–Crippen MR) is 96.4 cm³/mol. The molecule has 1 aliphatic rings. The third kappa shape index (κ3) is 4.20. The molecule has 3 rings (SSSR count). The van der Waals surface area contributed by atoms with E-state index in [0.717, 1.165) is 61.2 Å². The second-order valence-corrected chi connectivity index (χ2v) is 6.91. The molecule has 1 aromatic heterocycles. The van der Waals surface area contributed by atoms with Gasteiger partial charge in [-0.15, -0.1) is 11.3 Å². The molecule has 5 nitrogen and oxygen atoms in total. The lowest BCUT2D eigenvalue weighted by Crippen LogP contribution is -2.35. The monoisotopic (exact) mass is 345 g/mol. The van der Waals surface area contributed by atoms with Crippen molar-refractivity contribution in [2.75, 3.05) is 46.4 Å². The van der Waals surface area contributed by atoms with Crippen molar-refractivity contribution >= 4 is 17.2 Å². The van der Waals surface area contributed by atoms with Crippen LogP contribution in [-0.2, 0) is 4.74 Å². The van der Waals surface area contributed by atoms with Gasteiger partial charge in [0.1, 0.15) is 9.88 Å². The van der Waals surface area contributed by atoms with Gasteiger partial charge in [0.05, 0.1) is 12.8 Å². The van der Waals surface area contributed by atoms with E-state index in [1.807, 2.05) is 35.2 Å². The Bertz CT molecular complexity index is 659. The summed E-state index contributed by atoms with van der Waals surface area (Å²) in [4.78, 5) is 22.2. The van der Waals surface area contributed by atoms with Crippen LogP contribution in [-0.4, -0.2) is 67.1 Å². The number of amides is 1. The summed E-state index contributed by atoms with van der Waals surface area (Å²) >= 11 is 1.47. The highest BCUT2D eigenvalue weighted by molar-refractivity contribution is 7.16. The van der Waals surface area contributed by atoms with Crippen molar-refractivity contribution in [3.8, 4) is 10.6 Å². The van der Waals surface area contributed by atoms with Gasteiger partial charge in [-0.2, -0.15) is 0 Å². The quantitative estimate of drug-likeness (QED) is 0.836. The number of nitrogens with zero attached hydrogens (tertiary/aromatic N) is 3. The van der Waals surface area contributed by atoms with Gasteiger partial charge in [0.25, 0.3) is 5.91 Å². The lowest BCUT2D eigenvalue weighted by atomic mass is 10.2. The second-order valence-electron chi connectivity index (χ2n) is 5.88. The van der Waals surface area contributed by atoms with Crippen LogP contribution in [0, 0.1) is 0 Å². The third-order valence-corrected chi connectivity index (χ3v) is 5.26. The summed E-state index contributed by atoms with van der Waals surface area (Å²) in [5, 5.41) is 0.899. The molecular formula is C18H23N3O2S. The number of methoxy groups -OCH3 is 1. The lowest BCUT2D eigenvalue weighted by Gasteiger charge is -2.21. The maximum Gasteiger partial charge on any atom is 0.265 e. The number of rotatable bonds is 5. The van der Waals surface area contributed by atoms with Gasteiger partial charge in [-0.1, -0.05) is 30.3 Å². The van der Waals surface area contributed by atoms with Crippen molar-refractivity contribution in [1.29, 1.82) is 0 Å². The van der Waals surface area contributed by atoms with Crippen molar-refractivity contribution in [3.63, 3.8) is 0 Å². The Morgan fingerprint density at radius 2 is 2.04 bits per heavy atom. The molecule has 1 saturated heterocycles. The van der Waals surface area contributed by atoms with Gasteiger partial charge in [-0.25, -0.2) is 4.98 Å². The Kier molecular flexibility index (Phi) is 5.96. The van der Waals surface area contributed by atoms with Crippen LogP contribution >= 0.6 is 11.3 Å². The highest BCUT2D eigenvalue weighted by Gasteiger charge is 2.22. The maximum absolute atomic E-state index is 12.8. The lowest BCUT2D eigenvalue weighted by molar-refractivity contribution is 0.0763. The van der Waals surface area contributed by atoms with Gasteiger partial charge in [0.2, 0.25) is 0 Å². The molecule has 0 unspecified atom stereocenters. The molecule has 0 aliphatic carbocycles. The number of carbonyl (C=O) groups excluding carboxylic acids is 1. The van der Waals surface area contributed by atoms with Gasteiger partial charge in [0, 0.05) is 38.9 Å². The summed E-state index contributed by atoms with van der Waals surface area (Å²) in [5.74, 6) is 0.100. The number of carbonyl (C=O) groups is 1. The molecule has 0 saturated carbocycles. The average molecular weight is 345 g/mol. The largest absolute Gasteiger partial charge is 0.383 e. The van der Waals surface area contributed by atoms with Crippen molar-refractivity contribution < 1.29 is 9.53 Å². The Labute approximate surface area is 146 Å². The molecule has 0 bridgehead atoms. The molecular weight excluding hydrogens is 322 g/mol. The van der Waals surface area contributed by atoms with Crippen LogP contribution in [0.5, 0.6) is 0 Å². The molecule has 24 heavy (non-hydrogen) atoms. The summed E-state index contributed by atoms with van der Waals surface area (Å²) < 4.78 is 5.14. The van der Waals surface area contributed by atoms with Crippen molar-refractivity contribution in [3.05, 3.63) is 41.4 Å². The number of hydrogen-bond acceptors (Lipinski definition) is 5.